The maximum Gasteiger partial charge on any atom is 0.213 e. The summed E-state index contributed by atoms with van der Waals surface area (Å²) < 4.78 is 5.67. The maximum absolute atomic E-state index is 8.90. The molecule has 0 spiro atoms. The number of hydrogen-bond donors (Lipinski definition) is 2. The number of aliphatic hydroxyl groups is 1. The molecule has 88 valence electrons. The highest BCUT2D eigenvalue weighted by Gasteiger charge is 2.27. The van der Waals surface area contributed by atoms with Gasteiger partial charge in [0.1, 0.15) is 6.10 Å². The molecule has 4 nitrogen and oxygen atoms in total. The van der Waals surface area contributed by atoms with Crippen LogP contribution in [-0.2, 0) is 0 Å². The zero-order valence-corrected chi connectivity index (χ0v) is 9.47. The Morgan fingerprint density at radius 2 is 2.31 bits per heavy atom. The molecule has 1 aromatic rings. The molecule has 0 bridgehead atoms. The summed E-state index contributed by atoms with van der Waals surface area (Å²) in [7, 11) is 0. The van der Waals surface area contributed by atoms with Gasteiger partial charge >= 0.3 is 0 Å². The molecule has 1 aliphatic rings. The van der Waals surface area contributed by atoms with Gasteiger partial charge in [-0.2, -0.15) is 0 Å². The van der Waals surface area contributed by atoms with Crippen molar-refractivity contribution >= 4 is 0 Å². The Morgan fingerprint density at radius 3 is 2.81 bits per heavy atom. The number of nitrogens with zero attached hydrogens (tertiary/aromatic N) is 1. The minimum Gasteiger partial charge on any atom is -0.474 e. The third kappa shape index (κ3) is 2.51. The highest BCUT2D eigenvalue weighted by molar-refractivity contribution is 5.20. The fourth-order valence-corrected chi connectivity index (χ4v) is 1.88. The van der Waals surface area contributed by atoms with Gasteiger partial charge in [-0.1, -0.05) is 13.0 Å². The monoisotopic (exact) mass is 222 g/mol. The Labute approximate surface area is 95.4 Å². The molecule has 16 heavy (non-hydrogen) atoms. The van der Waals surface area contributed by atoms with Gasteiger partial charge in [0.15, 0.2) is 0 Å². The number of rotatable bonds is 4. The van der Waals surface area contributed by atoms with Crippen molar-refractivity contribution in [2.75, 3.05) is 6.61 Å². The molecule has 1 atom stereocenters. The molecular formula is C12H18N2O2. The molecule has 1 aromatic heterocycles. The van der Waals surface area contributed by atoms with Crippen LogP contribution in [0.3, 0.4) is 0 Å². The third-order valence-electron chi connectivity index (χ3n) is 3.00. The van der Waals surface area contributed by atoms with Crippen molar-refractivity contribution < 1.29 is 9.84 Å². The first kappa shape index (κ1) is 11.4. The van der Waals surface area contributed by atoms with Gasteiger partial charge in [-0.25, -0.2) is 4.98 Å². The van der Waals surface area contributed by atoms with Gasteiger partial charge in [0.2, 0.25) is 5.88 Å². The van der Waals surface area contributed by atoms with Gasteiger partial charge in [0.25, 0.3) is 0 Å². The molecule has 1 unspecified atom stereocenters. The Bertz CT molecular complexity index is 333. The first-order valence-corrected chi connectivity index (χ1v) is 5.68. The third-order valence-corrected chi connectivity index (χ3v) is 3.00. The minimum absolute atomic E-state index is 0.0674. The van der Waals surface area contributed by atoms with Crippen molar-refractivity contribution in [1.29, 1.82) is 0 Å². The summed E-state index contributed by atoms with van der Waals surface area (Å²) in [4.78, 5) is 4.18. The number of hydrogen-bond acceptors (Lipinski definition) is 4. The number of nitrogens with two attached hydrogens (primary N) is 1. The van der Waals surface area contributed by atoms with Crippen molar-refractivity contribution in [2.45, 2.75) is 31.9 Å². The smallest absolute Gasteiger partial charge is 0.213 e. The predicted octanol–water partition coefficient (Wildman–Crippen LogP) is 1.25. The zero-order valence-electron chi connectivity index (χ0n) is 9.47. The van der Waals surface area contributed by atoms with Crippen LogP contribution in [0.1, 0.15) is 31.4 Å². The van der Waals surface area contributed by atoms with E-state index in [0.29, 0.717) is 12.0 Å². The van der Waals surface area contributed by atoms with E-state index in [9.17, 15) is 0 Å². The maximum atomic E-state index is 8.90. The minimum atomic E-state index is -0.356. The normalized spacial score (nSPS) is 25.9. The van der Waals surface area contributed by atoms with Crippen LogP contribution >= 0.6 is 0 Å². The number of pyridine rings is 1. The van der Waals surface area contributed by atoms with Crippen LogP contribution in [-0.4, -0.2) is 22.8 Å². The molecule has 1 heterocycles. The zero-order chi connectivity index (χ0) is 11.5. The lowest BCUT2D eigenvalue weighted by atomic mass is 9.84. The molecule has 0 aliphatic heterocycles. The van der Waals surface area contributed by atoms with Crippen LogP contribution in [0.2, 0.25) is 0 Å². The summed E-state index contributed by atoms with van der Waals surface area (Å²) >= 11 is 0. The molecule has 2 rings (SSSR count). The van der Waals surface area contributed by atoms with Crippen LogP contribution in [0.5, 0.6) is 5.88 Å². The van der Waals surface area contributed by atoms with E-state index < -0.39 is 0 Å². The SMILES string of the molecule is CC1CC(Oc2ccc(C(N)CO)cn2)C1. The van der Waals surface area contributed by atoms with Gasteiger partial charge in [0.05, 0.1) is 12.6 Å². The average molecular weight is 222 g/mol. The second-order valence-corrected chi connectivity index (χ2v) is 4.54. The summed E-state index contributed by atoms with van der Waals surface area (Å²) in [5, 5.41) is 8.90. The van der Waals surface area contributed by atoms with E-state index in [4.69, 9.17) is 15.6 Å². The summed E-state index contributed by atoms with van der Waals surface area (Å²) in [6.45, 7) is 2.15. The van der Waals surface area contributed by atoms with Crippen molar-refractivity contribution in [1.82, 2.24) is 4.98 Å². The fourth-order valence-electron chi connectivity index (χ4n) is 1.88. The standard InChI is InChI=1S/C12H18N2O2/c1-8-4-10(5-8)16-12-3-2-9(6-14-12)11(13)7-15/h2-3,6,8,10-11,15H,4-5,7,13H2,1H3. The van der Waals surface area contributed by atoms with Crippen LogP contribution in [0.15, 0.2) is 18.3 Å². The molecular weight excluding hydrogens is 204 g/mol. The van der Waals surface area contributed by atoms with Crippen LogP contribution in [0, 0.1) is 5.92 Å². The summed E-state index contributed by atoms with van der Waals surface area (Å²) in [5.74, 6) is 1.41. The summed E-state index contributed by atoms with van der Waals surface area (Å²) in [5.41, 5.74) is 6.50. The number of aliphatic hydroxyl groups excluding tert-OH is 1. The Hall–Kier alpha value is -1.13. The number of aromatic nitrogens is 1. The predicted molar refractivity (Wildman–Crippen MR) is 61.1 cm³/mol. The van der Waals surface area contributed by atoms with Gasteiger partial charge < -0.3 is 15.6 Å². The molecule has 3 N–H and O–H groups in total. The molecule has 0 aromatic carbocycles. The van der Waals surface area contributed by atoms with Crippen LogP contribution < -0.4 is 10.5 Å². The topological polar surface area (TPSA) is 68.4 Å². The van der Waals surface area contributed by atoms with E-state index in [0.717, 1.165) is 24.3 Å². The second kappa shape index (κ2) is 4.80. The largest absolute Gasteiger partial charge is 0.474 e. The number of ether oxygens (including phenoxy) is 1. The van der Waals surface area contributed by atoms with E-state index >= 15 is 0 Å². The lowest BCUT2D eigenvalue weighted by Gasteiger charge is -2.32. The Balaban J connectivity index is 1.92. The first-order valence-electron chi connectivity index (χ1n) is 5.68. The highest BCUT2D eigenvalue weighted by Crippen LogP contribution is 2.30. The molecule has 4 heteroatoms. The molecule has 0 radical (unpaired) electrons. The van der Waals surface area contributed by atoms with Crippen molar-refractivity contribution in [3.63, 3.8) is 0 Å². The lowest BCUT2D eigenvalue weighted by Crippen LogP contribution is -2.32. The van der Waals surface area contributed by atoms with Gasteiger partial charge in [-0.3, -0.25) is 0 Å². The molecule has 0 saturated heterocycles. The fraction of sp³-hybridized carbons (Fsp3) is 0.583. The first-order chi connectivity index (χ1) is 7.69. The van der Waals surface area contributed by atoms with Gasteiger partial charge in [0, 0.05) is 12.3 Å². The molecule has 1 aliphatic carbocycles. The summed E-state index contributed by atoms with van der Waals surface area (Å²) in [6.07, 6.45) is 4.21. The Kier molecular flexibility index (Phi) is 3.41. The van der Waals surface area contributed by atoms with E-state index in [1.807, 2.05) is 12.1 Å². The lowest BCUT2D eigenvalue weighted by molar-refractivity contribution is 0.0695. The van der Waals surface area contributed by atoms with Crippen molar-refractivity contribution in [3.8, 4) is 5.88 Å². The van der Waals surface area contributed by atoms with Gasteiger partial charge in [-0.15, -0.1) is 0 Å². The second-order valence-electron chi connectivity index (χ2n) is 4.54. The van der Waals surface area contributed by atoms with Crippen molar-refractivity contribution in [3.05, 3.63) is 23.9 Å². The van der Waals surface area contributed by atoms with E-state index in [-0.39, 0.29) is 12.6 Å². The van der Waals surface area contributed by atoms with E-state index in [1.165, 1.54) is 0 Å². The molecule has 1 saturated carbocycles. The quantitative estimate of drug-likeness (QED) is 0.804. The van der Waals surface area contributed by atoms with E-state index in [2.05, 4.69) is 11.9 Å². The van der Waals surface area contributed by atoms with E-state index in [1.54, 1.807) is 6.20 Å². The van der Waals surface area contributed by atoms with Crippen LogP contribution in [0.4, 0.5) is 0 Å². The summed E-state index contributed by atoms with van der Waals surface area (Å²) in [6, 6.07) is 3.31. The highest BCUT2D eigenvalue weighted by atomic mass is 16.5. The average Bonchev–Trinajstić information content (AvgIpc) is 2.27. The Morgan fingerprint density at radius 1 is 1.56 bits per heavy atom. The molecule has 1 fully saturated rings. The van der Waals surface area contributed by atoms with Crippen LogP contribution in [0.25, 0.3) is 0 Å². The molecule has 0 amide bonds. The van der Waals surface area contributed by atoms with Gasteiger partial charge in [-0.05, 0) is 24.3 Å². The van der Waals surface area contributed by atoms with Crippen molar-refractivity contribution in [2.24, 2.45) is 11.7 Å².